The number of aliphatic hydroxyl groups is 1. The molecule has 1 aromatic rings. The van der Waals surface area contributed by atoms with E-state index < -0.39 is 5.60 Å². The van der Waals surface area contributed by atoms with Crippen LogP contribution >= 0.6 is 0 Å². The third-order valence-corrected chi connectivity index (χ3v) is 3.97. The summed E-state index contributed by atoms with van der Waals surface area (Å²) in [6.07, 6.45) is 4.97. The number of nitrogens with zero attached hydrogens (tertiary/aromatic N) is 2. The first-order valence-electron chi connectivity index (χ1n) is 8.05. The van der Waals surface area contributed by atoms with Crippen LogP contribution in [0.5, 0.6) is 0 Å². The Labute approximate surface area is 130 Å². The van der Waals surface area contributed by atoms with Crippen molar-refractivity contribution < 1.29 is 14.4 Å². The fourth-order valence-corrected chi connectivity index (χ4v) is 2.56. The number of rotatable bonds is 7. The van der Waals surface area contributed by atoms with Crippen LogP contribution < -0.4 is 10.6 Å². The molecule has 0 unspecified atom stereocenters. The van der Waals surface area contributed by atoms with E-state index in [0.29, 0.717) is 31.2 Å². The Kier molecular flexibility index (Phi) is 5.76. The van der Waals surface area contributed by atoms with Gasteiger partial charge in [0.1, 0.15) is 0 Å². The zero-order chi connectivity index (χ0) is 16.0. The van der Waals surface area contributed by atoms with Crippen LogP contribution in [0.2, 0.25) is 0 Å². The molecule has 2 amide bonds. The third-order valence-electron chi connectivity index (χ3n) is 3.97. The molecule has 2 rings (SSSR count). The lowest BCUT2D eigenvalue weighted by Gasteiger charge is -2.22. The molecule has 0 radical (unpaired) electrons. The van der Waals surface area contributed by atoms with Gasteiger partial charge in [-0.1, -0.05) is 31.8 Å². The lowest BCUT2D eigenvalue weighted by atomic mass is 10.0. The molecule has 0 bridgehead atoms. The van der Waals surface area contributed by atoms with E-state index in [-0.39, 0.29) is 11.9 Å². The molecule has 1 aliphatic rings. The summed E-state index contributed by atoms with van der Waals surface area (Å²) < 4.78 is 5.14. The van der Waals surface area contributed by atoms with Crippen LogP contribution in [0.25, 0.3) is 0 Å². The van der Waals surface area contributed by atoms with Gasteiger partial charge in [0.2, 0.25) is 5.89 Å². The maximum absolute atomic E-state index is 11.7. The van der Waals surface area contributed by atoms with E-state index in [9.17, 15) is 9.90 Å². The zero-order valence-electron chi connectivity index (χ0n) is 13.4. The van der Waals surface area contributed by atoms with Gasteiger partial charge in [-0.2, -0.15) is 4.98 Å². The second-order valence-electron chi connectivity index (χ2n) is 6.35. The molecule has 0 aliphatic heterocycles. The van der Waals surface area contributed by atoms with Crippen molar-refractivity contribution in [3.8, 4) is 0 Å². The Bertz CT molecular complexity index is 481. The van der Waals surface area contributed by atoms with Gasteiger partial charge in [0.25, 0.3) is 0 Å². The molecule has 22 heavy (non-hydrogen) atoms. The minimum absolute atomic E-state index is 0.242. The second kappa shape index (κ2) is 7.58. The number of aryl methyl sites for hydroxylation is 1. The van der Waals surface area contributed by atoms with Crippen LogP contribution in [-0.2, 0) is 6.42 Å². The molecule has 1 fully saturated rings. The van der Waals surface area contributed by atoms with Crippen molar-refractivity contribution in [2.75, 3.05) is 13.1 Å². The quantitative estimate of drug-likeness (QED) is 0.666. The summed E-state index contributed by atoms with van der Waals surface area (Å²) in [6, 6.07) is -0.242. The summed E-state index contributed by atoms with van der Waals surface area (Å²) in [5.74, 6) is 1.57. The van der Waals surface area contributed by atoms with E-state index in [1.807, 2.05) is 13.8 Å². The second-order valence-corrected chi connectivity index (χ2v) is 6.35. The number of urea groups is 1. The third kappa shape index (κ3) is 4.98. The van der Waals surface area contributed by atoms with Gasteiger partial charge in [-0.05, 0) is 19.3 Å². The van der Waals surface area contributed by atoms with Crippen LogP contribution in [-0.4, -0.2) is 40.0 Å². The van der Waals surface area contributed by atoms with Crippen LogP contribution in [0.4, 0.5) is 4.79 Å². The largest absolute Gasteiger partial charge is 0.388 e. The number of carbonyl (C=O) groups is 1. The fourth-order valence-electron chi connectivity index (χ4n) is 2.56. The van der Waals surface area contributed by atoms with Gasteiger partial charge < -0.3 is 20.3 Å². The Morgan fingerprint density at radius 2 is 2.09 bits per heavy atom. The molecule has 0 aromatic carbocycles. The van der Waals surface area contributed by atoms with E-state index in [4.69, 9.17) is 4.52 Å². The van der Waals surface area contributed by atoms with Crippen molar-refractivity contribution in [2.24, 2.45) is 0 Å². The predicted octanol–water partition coefficient (Wildman–Crippen LogP) is 1.73. The summed E-state index contributed by atoms with van der Waals surface area (Å²) in [4.78, 5) is 15.9. The molecular weight excluding hydrogens is 284 g/mol. The normalized spacial score (nSPS) is 16.9. The average molecular weight is 310 g/mol. The number of carbonyl (C=O) groups excluding carboxylic acids is 1. The van der Waals surface area contributed by atoms with Crippen LogP contribution in [0.3, 0.4) is 0 Å². The topological polar surface area (TPSA) is 100 Å². The molecule has 0 saturated heterocycles. The van der Waals surface area contributed by atoms with Crippen molar-refractivity contribution in [2.45, 2.75) is 63.9 Å². The van der Waals surface area contributed by atoms with Gasteiger partial charge in [-0.25, -0.2) is 4.79 Å². The number of hydrogen-bond acceptors (Lipinski definition) is 5. The first kappa shape index (κ1) is 16.7. The highest BCUT2D eigenvalue weighted by Crippen LogP contribution is 2.28. The maximum atomic E-state index is 11.7. The molecule has 1 aliphatic carbocycles. The van der Waals surface area contributed by atoms with Crippen LogP contribution in [0.1, 0.15) is 63.6 Å². The fraction of sp³-hybridized carbons (Fsp3) is 0.800. The van der Waals surface area contributed by atoms with Gasteiger partial charge >= 0.3 is 6.03 Å². The van der Waals surface area contributed by atoms with E-state index in [0.717, 1.165) is 32.1 Å². The summed E-state index contributed by atoms with van der Waals surface area (Å²) in [5, 5.41) is 19.5. The molecule has 7 nitrogen and oxygen atoms in total. The number of amides is 2. The number of aromatic nitrogens is 2. The van der Waals surface area contributed by atoms with E-state index >= 15 is 0 Å². The Hall–Kier alpha value is -1.63. The molecule has 0 spiro atoms. The summed E-state index contributed by atoms with van der Waals surface area (Å²) in [5.41, 5.74) is -0.714. The highest BCUT2D eigenvalue weighted by atomic mass is 16.5. The molecule has 1 aromatic heterocycles. The molecule has 124 valence electrons. The highest BCUT2D eigenvalue weighted by Gasteiger charge is 2.31. The summed E-state index contributed by atoms with van der Waals surface area (Å²) >= 11 is 0. The Morgan fingerprint density at radius 1 is 1.36 bits per heavy atom. The first-order chi connectivity index (χ1) is 10.5. The SMILES string of the molecule is CC(C)c1noc(CCCNC(=O)NCC2(O)CCCC2)n1. The zero-order valence-corrected chi connectivity index (χ0v) is 13.4. The van der Waals surface area contributed by atoms with Crippen LogP contribution in [0.15, 0.2) is 4.52 Å². The number of hydrogen-bond donors (Lipinski definition) is 3. The molecule has 3 N–H and O–H groups in total. The Morgan fingerprint density at radius 3 is 2.73 bits per heavy atom. The van der Waals surface area contributed by atoms with Gasteiger partial charge in [-0.15, -0.1) is 0 Å². The van der Waals surface area contributed by atoms with Gasteiger partial charge in [0.05, 0.1) is 5.60 Å². The molecular formula is C15H26N4O3. The van der Waals surface area contributed by atoms with E-state index in [1.165, 1.54) is 0 Å². The monoisotopic (exact) mass is 310 g/mol. The van der Waals surface area contributed by atoms with Gasteiger partial charge in [-0.3, -0.25) is 0 Å². The average Bonchev–Trinajstić information content (AvgIpc) is 3.11. The predicted molar refractivity (Wildman–Crippen MR) is 81.5 cm³/mol. The molecule has 1 saturated carbocycles. The standard InChI is InChI=1S/C15H26N4O3/c1-11(2)13-18-12(22-19-13)6-5-9-16-14(20)17-10-15(21)7-3-4-8-15/h11,21H,3-10H2,1-2H3,(H2,16,17,20). The van der Waals surface area contributed by atoms with E-state index in [2.05, 4.69) is 20.8 Å². The van der Waals surface area contributed by atoms with Gasteiger partial charge in [0, 0.05) is 25.4 Å². The number of nitrogens with one attached hydrogen (secondary N) is 2. The smallest absolute Gasteiger partial charge is 0.314 e. The van der Waals surface area contributed by atoms with Gasteiger partial charge in [0.15, 0.2) is 5.82 Å². The Balaban J connectivity index is 1.58. The molecule has 0 atom stereocenters. The van der Waals surface area contributed by atoms with Crippen molar-refractivity contribution in [1.29, 1.82) is 0 Å². The maximum Gasteiger partial charge on any atom is 0.314 e. The van der Waals surface area contributed by atoms with Crippen LogP contribution in [0, 0.1) is 0 Å². The minimum atomic E-state index is -0.714. The van der Waals surface area contributed by atoms with Crippen molar-refractivity contribution in [3.63, 3.8) is 0 Å². The minimum Gasteiger partial charge on any atom is -0.388 e. The lowest BCUT2D eigenvalue weighted by Crippen LogP contribution is -2.45. The van der Waals surface area contributed by atoms with Crippen molar-refractivity contribution in [1.82, 2.24) is 20.8 Å². The van der Waals surface area contributed by atoms with Crippen molar-refractivity contribution >= 4 is 6.03 Å². The highest BCUT2D eigenvalue weighted by molar-refractivity contribution is 5.73. The van der Waals surface area contributed by atoms with Crippen molar-refractivity contribution in [3.05, 3.63) is 11.7 Å². The first-order valence-corrected chi connectivity index (χ1v) is 8.05. The van der Waals surface area contributed by atoms with E-state index in [1.54, 1.807) is 0 Å². The molecule has 7 heteroatoms. The molecule has 1 heterocycles. The summed E-state index contributed by atoms with van der Waals surface area (Å²) in [7, 11) is 0. The lowest BCUT2D eigenvalue weighted by molar-refractivity contribution is 0.0501. The summed E-state index contributed by atoms with van der Waals surface area (Å²) in [6.45, 7) is 4.88.